The molecule has 0 spiro atoms. The molecule has 4 rings (SSSR count). The molecule has 1 N–H and O–H groups in total. The Balaban J connectivity index is 1.46. The van der Waals surface area contributed by atoms with Crippen molar-refractivity contribution in [1.29, 1.82) is 0 Å². The normalized spacial score (nSPS) is 15.2. The van der Waals surface area contributed by atoms with Gasteiger partial charge in [0.15, 0.2) is 0 Å². The minimum absolute atomic E-state index is 0.0286. The van der Waals surface area contributed by atoms with Crippen LogP contribution >= 0.6 is 11.6 Å². The van der Waals surface area contributed by atoms with Crippen LogP contribution in [0.5, 0.6) is 0 Å². The molecule has 2 aromatic heterocycles. The molecule has 3 aromatic rings. The van der Waals surface area contributed by atoms with Gasteiger partial charge in [-0.05, 0) is 51.3 Å². The molecule has 0 saturated carbocycles. The fraction of sp³-hybridized carbons (Fsp3) is 0.381. The molecule has 3 heterocycles. The summed E-state index contributed by atoms with van der Waals surface area (Å²) in [6, 6.07) is 5.54. The Morgan fingerprint density at radius 3 is 2.71 bits per heavy atom. The van der Waals surface area contributed by atoms with Crippen molar-refractivity contribution >= 4 is 40.1 Å². The van der Waals surface area contributed by atoms with Crippen molar-refractivity contribution in [1.82, 2.24) is 9.97 Å². The maximum atomic E-state index is 12.7. The van der Waals surface area contributed by atoms with Crippen LogP contribution in [0.2, 0.25) is 5.02 Å². The number of carbonyl (C=O) groups is 1. The highest BCUT2D eigenvalue weighted by atomic mass is 35.5. The van der Waals surface area contributed by atoms with Crippen LogP contribution in [-0.4, -0.2) is 29.0 Å². The van der Waals surface area contributed by atoms with Gasteiger partial charge < -0.3 is 14.6 Å². The van der Waals surface area contributed by atoms with Gasteiger partial charge in [0.1, 0.15) is 17.9 Å². The maximum absolute atomic E-state index is 12.7. The molecular weight excluding hydrogens is 376 g/mol. The topological polar surface area (TPSA) is 71.3 Å². The molecule has 1 aliphatic heterocycles. The lowest BCUT2D eigenvalue weighted by Crippen LogP contribution is -2.38. The molecule has 1 saturated heterocycles. The van der Waals surface area contributed by atoms with Crippen LogP contribution in [-0.2, 0) is 4.79 Å². The molecule has 0 atom stereocenters. The fourth-order valence-corrected chi connectivity index (χ4v) is 3.89. The Bertz CT molecular complexity index is 1040. The van der Waals surface area contributed by atoms with Crippen LogP contribution in [0.4, 0.5) is 11.5 Å². The minimum atomic E-state index is -0.0286. The van der Waals surface area contributed by atoms with E-state index >= 15 is 0 Å². The van der Waals surface area contributed by atoms with Crippen molar-refractivity contribution in [3.63, 3.8) is 0 Å². The molecule has 28 heavy (non-hydrogen) atoms. The van der Waals surface area contributed by atoms with E-state index in [1.54, 1.807) is 12.4 Å². The Morgan fingerprint density at radius 2 is 1.96 bits per heavy atom. The number of fused-ring (bicyclic) bond motifs is 1. The lowest BCUT2D eigenvalue weighted by Gasteiger charge is -2.32. The first-order chi connectivity index (χ1) is 13.4. The molecule has 0 aliphatic carbocycles. The number of halogens is 1. The monoisotopic (exact) mass is 398 g/mol. The maximum Gasteiger partial charge on any atom is 0.231 e. The van der Waals surface area contributed by atoms with E-state index in [1.807, 2.05) is 32.9 Å². The Labute approximate surface area is 168 Å². The molecule has 0 bridgehead atoms. The number of nitrogens with zero attached hydrogens (tertiary/aromatic N) is 3. The van der Waals surface area contributed by atoms with Gasteiger partial charge in [0.25, 0.3) is 0 Å². The molecule has 7 heteroatoms. The number of piperidine rings is 1. The predicted octanol–water partition coefficient (Wildman–Crippen LogP) is 4.66. The van der Waals surface area contributed by atoms with E-state index < -0.39 is 0 Å². The van der Waals surface area contributed by atoms with Crippen molar-refractivity contribution in [3.8, 4) is 0 Å². The van der Waals surface area contributed by atoms with Gasteiger partial charge in [0, 0.05) is 35.3 Å². The van der Waals surface area contributed by atoms with Crippen LogP contribution < -0.4 is 10.2 Å². The number of amides is 1. The van der Waals surface area contributed by atoms with Gasteiger partial charge in [-0.25, -0.2) is 9.97 Å². The van der Waals surface area contributed by atoms with E-state index in [9.17, 15) is 4.79 Å². The lowest BCUT2D eigenvalue weighted by molar-refractivity contribution is -0.120. The SMILES string of the molecule is Cc1ccc(Cl)cc1NC(=O)C1CCN(c2ncnc3oc(C)c(C)c23)CC1. The number of nitrogens with one attached hydrogen (secondary N) is 1. The summed E-state index contributed by atoms with van der Waals surface area (Å²) in [4.78, 5) is 23.7. The number of hydrogen-bond acceptors (Lipinski definition) is 5. The van der Waals surface area contributed by atoms with Gasteiger partial charge >= 0.3 is 0 Å². The van der Waals surface area contributed by atoms with Crippen molar-refractivity contribution < 1.29 is 9.21 Å². The summed E-state index contributed by atoms with van der Waals surface area (Å²) in [7, 11) is 0. The van der Waals surface area contributed by atoms with Gasteiger partial charge in [-0.2, -0.15) is 0 Å². The number of aromatic nitrogens is 2. The van der Waals surface area contributed by atoms with Gasteiger partial charge in [-0.15, -0.1) is 0 Å². The second kappa shape index (κ2) is 7.43. The van der Waals surface area contributed by atoms with Crippen molar-refractivity contribution in [3.05, 3.63) is 46.4 Å². The molecule has 146 valence electrons. The molecule has 0 unspecified atom stereocenters. The number of rotatable bonds is 3. The third-order valence-electron chi connectivity index (χ3n) is 5.57. The zero-order valence-corrected chi connectivity index (χ0v) is 17.0. The van der Waals surface area contributed by atoms with E-state index in [0.29, 0.717) is 10.7 Å². The van der Waals surface area contributed by atoms with E-state index in [0.717, 1.165) is 59.7 Å². The number of benzene rings is 1. The zero-order chi connectivity index (χ0) is 19.8. The summed E-state index contributed by atoms with van der Waals surface area (Å²) in [6.07, 6.45) is 3.08. The average Bonchev–Trinajstić information content (AvgIpc) is 2.99. The molecule has 6 nitrogen and oxygen atoms in total. The summed E-state index contributed by atoms with van der Waals surface area (Å²) in [5.74, 6) is 1.78. The van der Waals surface area contributed by atoms with Crippen LogP contribution in [0.25, 0.3) is 11.1 Å². The highest BCUT2D eigenvalue weighted by Gasteiger charge is 2.28. The molecule has 1 fully saturated rings. The second-order valence-electron chi connectivity index (χ2n) is 7.37. The van der Waals surface area contributed by atoms with E-state index in [2.05, 4.69) is 20.2 Å². The summed E-state index contributed by atoms with van der Waals surface area (Å²) in [5.41, 5.74) is 3.48. The van der Waals surface area contributed by atoms with Crippen LogP contribution in [0.1, 0.15) is 29.7 Å². The number of anilines is 2. The van der Waals surface area contributed by atoms with Crippen molar-refractivity contribution in [2.45, 2.75) is 33.6 Å². The third-order valence-corrected chi connectivity index (χ3v) is 5.80. The standard InChI is InChI=1S/C21H23ClN4O2/c1-12-4-5-16(22)10-17(12)25-20(27)15-6-8-26(9-7-15)19-18-13(2)14(3)28-21(18)24-11-23-19/h4-5,10-11,15H,6-9H2,1-3H3,(H,25,27). The number of hydrogen-bond donors (Lipinski definition) is 1. The first kappa shape index (κ1) is 18.7. The Morgan fingerprint density at radius 1 is 1.21 bits per heavy atom. The van der Waals surface area contributed by atoms with Gasteiger partial charge in [-0.3, -0.25) is 4.79 Å². The number of carbonyl (C=O) groups excluding carboxylic acids is 1. The summed E-state index contributed by atoms with van der Waals surface area (Å²) >= 11 is 6.06. The number of furan rings is 1. The third kappa shape index (κ3) is 3.44. The molecule has 1 amide bonds. The first-order valence-electron chi connectivity index (χ1n) is 9.46. The molecule has 1 aliphatic rings. The van der Waals surface area contributed by atoms with Gasteiger partial charge in [0.05, 0.1) is 5.39 Å². The van der Waals surface area contributed by atoms with Crippen molar-refractivity contribution in [2.24, 2.45) is 5.92 Å². The van der Waals surface area contributed by atoms with Crippen LogP contribution in [0.3, 0.4) is 0 Å². The average molecular weight is 399 g/mol. The Hall–Kier alpha value is -2.60. The minimum Gasteiger partial charge on any atom is -0.443 e. The van der Waals surface area contributed by atoms with Gasteiger partial charge in [0.2, 0.25) is 11.6 Å². The van der Waals surface area contributed by atoms with E-state index in [-0.39, 0.29) is 11.8 Å². The summed E-state index contributed by atoms with van der Waals surface area (Å²) < 4.78 is 5.72. The molecule has 0 radical (unpaired) electrons. The zero-order valence-electron chi connectivity index (χ0n) is 16.3. The molecule has 1 aromatic carbocycles. The van der Waals surface area contributed by atoms with E-state index in [1.165, 1.54) is 0 Å². The first-order valence-corrected chi connectivity index (χ1v) is 9.84. The van der Waals surface area contributed by atoms with Crippen molar-refractivity contribution in [2.75, 3.05) is 23.3 Å². The molecular formula is C21H23ClN4O2. The fourth-order valence-electron chi connectivity index (χ4n) is 3.72. The quantitative estimate of drug-likeness (QED) is 0.694. The summed E-state index contributed by atoms with van der Waals surface area (Å²) in [6.45, 7) is 7.46. The lowest BCUT2D eigenvalue weighted by atomic mass is 9.95. The van der Waals surface area contributed by atoms with Crippen LogP contribution in [0.15, 0.2) is 28.9 Å². The predicted molar refractivity (Wildman–Crippen MR) is 111 cm³/mol. The summed E-state index contributed by atoms with van der Waals surface area (Å²) in [5, 5.41) is 4.62. The van der Waals surface area contributed by atoms with Crippen LogP contribution in [0, 0.1) is 26.7 Å². The Kier molecular flexibility index (Phi) is 4.98. The highest BCUT2D eigenvalue weighted by molar-refractivity contribution is 6.31. The smallest absolute Gasteiger partial charge is 0.231 e. The van der Waals surface area contributed by atoms with Gasteiger partial charge in [-0.1, -0.05) is 17.7 Å². The largest absolute Gasteiger partial charge is 0.443 e. The van der Waals surface area contributed by atoms with E-state index in [4.69, 9.17) is 16.0 Å². The highest BCUT2D eigenvalue weighted by Crippen LogP contribution is 2.33. The second-order valence-corrected chi connectivity index (χ2v) is 7.81. The number of aryl methyl sites for hydroxylation is 3.